The molecule has 2 aromatic carbocycles. The van der Waals surface area contributed by atoms with E-state index in [1.54, 1.807) is 0 Å². The molecule has 1 amide bonds. The number of piperidine rings is 1. The summed E-state index contributed by atoms with van der Waals surface area (Å²) in [7, 11) is 3.96. The number of rotatable bonds is 10. The average molecular weight is 547 g/mol. The number of likely N-dealkylation sites (tertiary alicyclic amines) is 2. The Labute approximate surface area is 232 Å². The molecule has 0 radical (unpaired) electrons. The van der Waals surface area contributed by atoms with E-state index in [1.807, 2.05) is 60.3 Å². The highest BCUT2D eigenvalue weighted by molar-refractivity contribution is 6.30. The van der Waals surface area contributed by atoms with Crippen molar-refractivity contribution in [1.29, 1.82) is 0 Å². The Hall–Kier alpha value is -1.79. The van der Waals surface area contributed by atoms with Crippen molar-refractivity contribution in [2.24, 2.45) is 0 Å². The molecule has 0 spiro atoms. The third-order valence-corrected chi connectivity index (χ3v) is 8.37. The molecular formula is C30H41Cl2N3O2. The van der Waals surface area contributed by atoms with Gasteiger partial charge in [0.1, 0.15) is 11.9 Å². The van der Waals surface area contributed by atoms with E-state index in [-0.39, 0.29) is 18.1 Å². The van der Waals surface area contributed by atoms with Crippen molar-refractivity contribution in [3.63, 3.8) is 0 Å². The lowest BCUT2D eigenvalue weighted by Gasteiger charge is -2.36. The number of carbonyl (C=O) groups is 1. The van der Waals surface area contributed by atoms with Gasteiger partial charge in [0.25, 0.3) is 0 Å². The van der Waals surface area contributed by atoms with Gasteiger partial charge in [-0.05, 0) is 107 Å². The number of likely N-dealkylation sites (N-methyl/N-ethyl adjacent to an activating group) is 1. The molecule has 4 rings (SSSR count). The van der Waals surface area contributed by atoms with Crippen molar-refractivity contribution < 1.29 is 9.53 Å². The fourth-order valence-corrected chi connectivity index (χ4v) is 5.87. The molecule has 7 heteroatoms. The van der Waals surface area contributed by atoms with Crippen LogP contribution in [-0.2, 0) is 11.2 Å². The van der Waals surface area contributed by atoms with Crippen molar-refractivity contribution >= 4 is 29.1 Å². The highest BCUT2D eigenvalue weighted by Gasteiger charge is 2.31. The van der Waals surface area contributed by atoms with Crippen molar-refractivity contribution in [1.82, 2.24) is 14.7 Å². The minimum Gasteiger partial charge on any atom is -0.489 e. The van der Waals surface area contributed by atoms with Gasteiger partial charge in [-0.25, -0.2) is 0 Å². The third-order valence-electron chi connectivity index (χ3n) is 7.88. The zero-order valence-electron chi connectivity index (χ0n) is 22.5. The van der Waals surface area contributed by atoms with E-state index in [2.05, 4.69) is 17.9 Å². The molecule has 2 aromatic rings. The largest absolute Gasteiger partial charge is 0.489 e. The Morgan fingerprint density at radius 3 is 2.27 bits per heavy atom. The molecule has 2 fully saturated rings. The summed E-state index contributed by atoms with van der Waals surface area (Å²) in [5.74, 6) is 1.47. The fourth-order valence-electron chi connectivity index (χ4n) is 5.59. The zero-order chi connectivity index (χ0) is 26.4. The van der Waals surface area contributed by atoms with Crippen LogP contribution in [-0.4, -0.2) is 79.6 Å². The Bertz CT molecular complexity index is 1020. The van der Waals surface area contributed by atoms with E-state index < -0.39 is 0 Å². The maximum atomic E-state index is 13.5. The van der Waals surface area contributed by atoms with Gasteiger partial charge in [0.2, 0.25) is 5.91 Å². The van der Waals surface area contributed by atoms with E-state index in [0.29, 0.717) is 22.4 Å². The maximum absolute atomic E-state index is 13.5. The molecule has 0 saturated carbocycles. The third kappa shape index (κ3) is 7.63. The molecule has 0 aliphatic carbocycles. The number of nitrogens with zero attached hydrogens (tertiary/aromatic N) is 3. The van der Waals surface area contributed by atoms with E-state index in [0.717, 1.165) is 50.2 Å². The summed E-state index contributed by atoms with van der Waals surface area (Å²) < 4.78 is 6.59. The predicted molar refractivity (Wildman–Crippen MR) is 153 cm³/mol. The monoisotopic (exact) mass is 545 g/mol. The fraction of sp³-hybridized carbons (Fsp3) is 0.567. The first-order chi connectivity index (χ1) is 17.8. The van der Waals surface area contributed by atoms with Crippen LogP contribution in [0.3, 0.4) is 0 Å². The number of ether oxygens (including phenoxy) is 1. The maximum Gasteiger partial charge on any atom is 0.240 e. The van der Waals surface area contributed by atoms with E-state index in [1.165, 1.54) is 31.5 Å². The second-order valence-corrected chi connectivity index (χ2v) is 11.6. The standard InChI is InChI=1S/C30H41Cl2N3O2/c1-4-26(21-34-15-5-6-16-34)37-29-20-25(32)11-12-27(29)23-13-17-35(18-14-23)30(36)28(33(2)3)19-22-7-9-24(31)10-8-22/h7-12,20,23,26,28H,4-6,13-19,21H2,1-3H3/t26-,28-/m1/s1. The molecule has 37 heavy (non-hydrogen) atoms. The Morgan fingerprint density at radius 2 is 1.65 bits per heavy atom. The van der Waals surface area contributed by atoms with Crippen molar-refractivity contribution in [2.75, 3.05) is 46.8 Å². The molecule has 5 nitrogen and oxygen atoms in total. The second kappa shape index (κ2) is 13.3. The first-order valence-corrected chi connectivity index (χ1v) is 14.5. The van der Waals surface area contributed by atoms with Gasteiger partial charge in [-0.3, -0.25) is 14.6 Å². The Kier molecular flexibility index (Phi) is 10.2. The quantitative estimate of drug-likeness (QED) is 0.360. The second-order valence-electron chi connectivity index (χ2n) is 10.7. The van der Waals surface area contributed by atoms with Crippen LogP contribution in [0.5, 0.6) is 5.75 Å². The van der Waals surface area contributed by atoms with Crippen molar-refractivity contribution in [3.05, 3.63) is 63.6 Å². The van der Waals surface area contributed by atoms with Crippen LogP contribution in [0.2, 0.25) is 10.0 Å². The van der Waals surface area contributed by atoms with Gasteiger partial charge in [0.05, 0.1) is 6.04 Å². The minimum absolute atomic E-state index is 0.158. The van der Waals surface area contributed by atoms with Crippen LogP contribution in [0.1, 0.15) is 56.1 Å². The SMILES string of the molecule is CC[C@H](CN1CCCC1)Oc1cc(Cl)ccc1C1CCN(C(=O)[C@@H](Cc2ccc(Cl)cc2)N(C)C)CC1. The van der Waals surface area contributed by atoms with Gasteiger partial charge in [-0.2, -0.15) is 0 Å². The summed E-state index contributed by atoms with van der Waals surface area (Å²) in [5.41, 5.74) is 2.34. The summed E-state index contributed by atoms with van der Waals surface area (Å²) in [4.78, 5) is 20.1. The number of benzene rings is 2. The number of amides is 1. The first kappa shape index (κ1) is 28.2. The van der Waals surface area contributed by atoms with Crippen molar-refractivity contribution in [3.8, 4) is 5.75 Å². The lowest BCUT2D eigenvalue weighted by Crippen LogP contribution is -2.49. The van der Waals surface area contributed by atoms with Crippen LogP contribution in [0.25, 0.3) is 0 Å². The molecule has 202 valence electrons. The summed E-state index contributed by atoms with van der Waals surface area (Å²) in [5, 5.41) is 1.42. The molecule has 2 aliphatic heterocycles. The van der Waals surface area contributed by atoms with Crippen LogP contribution in [0.4, 0.5) is 0 Å². The van der Waals surface area contributed by atoms with Gasteiger partial charge in [-0.1, -0.05) is 48.3 Å². The molecule has 2 heterocycles. The van der Waals surface area contributed by atoms with Crippen LogP contribution < -0.4 is 4.74 Å². The number of hydrogen-bond donors (Lipinski definition) is 0. The summed E-state index contributed by atoms with van der Waals surface area (Å²) >= 11 is 12.5. The topological polar surface area (TPSA) is 36.0 Å². The normalized spacial score (nSPS) is 18.8. The van der Waals surface area contributed by atoms with Crippen molar-refractivity contribution in [2.45, 2.75) is 63.5 Å². The molecule has 2 aliphatic rings. The predicted octanol–water partition coefficient (Wildman–Crippen LogP) is 6.13. The molecule has 2 atom stereocenters. The van der Waals surface area contributed by atoms with Gasteiger partial charge in [-0.15, -0.1) is 0 Å². The zero-order valence-corrected chi connectivity index (χ0v) is 24.0. The van der Waals surface area contributed by atoms with E-state index in [4.69, 9.17) is 27.9 Å². The van der Waals surface area contributed by atoms with E-state index >= 15 is 0 Å². The average Bonchev–Trinajstić information content (AvgIpc) is 3.41. The van der Waals surface area contributed by atoms with Crippen LogP contribution in [0, 0.1) is 0 Å². The van der Waals surface area contributed by atoms with Gasteiger partial charge >= 0.3 is 0 Å². The highest BCUT2D eigenvalue weighted by atomic mass is 35.5. The van der Waals surface area contributed by atoms with Gasteiger partial charge in [0.15, 0.2) is 0 Å². The molecular weight excluding hydrogens is 505 g/mol. The number of halogens is 2. The number of carbonyl (C=O) groups excluding carboxylic acids is 1. The molecule has 2 saturated heterocycles. The first-order valence-electron chi connectivity index (χ1n) is 13.7. The van der Waals surface area contributed by atoms with E-state index in [9.17, 15) is 4.79 Å². The van der Waals surface area contributed by atoms with Crippen LogP contribution in [0.15, 0.2) is 42.5 Å². The Morgan fingerprint density at radius 1 is 1.00 bits per heavy atom. The molecule has 0 bridgehead atoms. The lowest BCUT2D eigenvalue weighted by molar-refractivity contribution is -0.137. The number of hydrogen-bond acceptors (Lipinski definition) is 4. The van der Waals surface area contributed by atoms with Gasteiger partial charge in [0, 0.05) is 29.7 Å². The summed E-state index contributed by atoms with van der Waals surface area (Å²) in [6, 6.07) is 13.7. The smallest absolute Gasteiger partial charge is 0.240 e. The van der Waals surface area contributed by atoms with Gasteiger partial charge < -0.3 is 9.64 Å². The Balaban J connectivity index is 1.39. The summed E-state index contributed by atoms with van der Waals surface area (Å²) in [6.45, 7) is 7.00. The molecule has 0 N–H and O–H groups in total. The summed E-state index contributed by atoms with van der Waals surface area (Å²) in [6.07, 6.45) is 6.21. The lowest BCUT2D eigenvalue weighted by atomic mass is 9.88. The van der Waals surface area contributed by atoms with Crippen LogP contribution >= 0.6 is 23.2 Å². The minimum atomic E-state index is -0.192. The molecule has 0 unspecified atom stereocenters. The molecule has 0 aromatic heterocycles. The highest BCUT2D eigenvalue weighted by Crippen LogP contribution is 2.37.